The van der Waals surface area contributed by atoms with Gasteiger partial charge in [0.25, 0.3) is 0 Å². The summed E-state index contributed by atoms with van der Waals surface area (Å²) in [6.07, 6.45) is -0.0309. The lowest BCUT2D eigenvalue weighted by atomic mass is 10.0. The maximum Gasteiger partial charge on any atom is 0.305 e. The number of carbonyl (C=O) groups is 1. The molecule has 0 saturated carbocycles. The normalized spacial score (nSPS) is 16.1. The Labute approximate surface area is 98.2 Å². The molecule has 1 aromatic carbocycles. The topological polar surface area (TPSA) is 75.4 Å². The molecular weight excluding hydrogens is 224 g/mol. The Morgan fingerprint density at radius 1 is 1.62 bits per heavy atom. The van der Waals surface area contributed by atoms with Crippen molar-refractivity contribution in [3.05, 3.63) is 23.8 Å². The maximum absolute atomic E-state index is 10.6. The number of hydrogen-bond acceptors (Lipinski definition) is 4. The van der Waals surface area contributed by atoms with Crippen LogP contribution in [0, 0.1) is 0 Å². The summed E-state index contributed by atoms with van der Waals surface area (Å²) < 4.78 is 0. The number of aliphatic carboxylic acids is 1. The summed E-state index contributed by atoms with van der Waals surface area (Å²) in [6.45, 7) is 0.970. The zero-order valence-electron chi connectivity index (χ0n) is 8.77. The first kappa shape index (κ1) is 11.3. The van der Waals surface area contributed by atoms with Gasteiger partial charge in [-0.05, 0) is 17.7 Å². The molecular formula is C11H14N2O2S. The van der Waals surface area contributed by atoms with E-state index in [4.69, 9.17) is 10.8 Å². The molecule has 5 heteroatoms. The van der Waals surface area contributed by atoms with Crippen LogP contribution >= 0.6 is 11.8 Å². The van der Waals surface area contributed by atoms with Crippen LogP contribution in [0.4, 0.5) is 5.69 Å². The zero-order valence-corrected chi connectivity index (χ0v) is 9.59. The Morgan fingerprint density at radius 2 is 2.44 bits per heavy atom. The van der Waals surface area contributed by atoms with E-state index < -0.39 is 12.0 Å². The van der Waals surface area contributed by atoms with Gasteiger partial charge in [-0.1, -0.05) is 6.07 Å². The Morgan fingerprint density at radius 3 is 3.19 bits per heavy atom. The average Bonchev–Trinajstić information content (AvgIpc) is 2.27. The highest BCUT2D eigenvalue weighted by Crippen LogP contribution is 2.33. The average molecular weight is 238 g/mol. The standard InChI is InChI=1S/C11H14N2O2S/c12-8(6-11(14)15)7-1-2-9-10(5-7)16-4-3-13-9/h1-2,5,8,13H,3-4,6,12H2,(H,14,15). The second-order valence-electron chi connectivity index (χ2n) is 3.74. The number of carboxylic acid groups (broad SMARTS) is 1. The van der Waals surface area contributed by atoms with Gasteiger partial charge in [-0.25, -0.2) is 0 Å². The number of carboxylic acids is 1. The van der Waals surface area contributed by atoms with Gasteiger partial charge in [-0.3, -0.25) is 4.79 Å². The third-order valence-electron chi connectivity index (χ3n) is 2.50. The van der Waals surface area contributed by atoms with E-state index in [9.17, 15) is 4.79 Å². The van der Waals surface area contributed by atoms with E-state index in [1.807, 2.05) is 18.2 Å². The summed E-state index contributed by atoms with van der Waals surface area (Å²) in [6, 6.07) is 5.43. The largest absolute Gasteiger partial charge is 0.481 e. The van der Waals surface area contributed by atoms with Crippen molar-refractivity contribution in [2.75, 3.05) is 17.6 Å². The Balaban J connectivity index is 2.19. The smallest absolute Gasteiger partial charge is 0.305 e. The number of nitrogens with one attached hydrogen (secondary N) is 1. The summed E-state index contributed by atoms with van der Waals surface area (Å²) in [4.78, 5) is 11.7. The van der Waals surface area contributed by atoms with Gasteiger partial charge in [0.15, 0.2) is 0 Å². The first-order valence-electron chi connectivity index (χ1n) is 5.15. The molecule has 4 nitrogen and oxygen atoms in total. The quantitative estimate of drug-likeness (QED) is 0.747. The predicted octanol–water partition coefficient (Wildman–Crippen LogP) is 1.68. The van der Waals surface area contributed by atoms with E-state index in [1.54, 1.807) is 11.8 Å². The summed E-state index contributed by atoms with van der Waals surface area (Å²) in [5, 5.41) is 12.0. The van der Waals surface area contributed by atoms with Crippen molar-refractivity contribution in [1.29, 1.82) is 0 Å². The lowest BCUT2D eigenvalue weighted by Crippen LogP contribution is -2.16. The van der Waals surface area contributed by atoms with Crippen molar-refractivity contribution < 1.29 is 9.90 Å². The molecule has 0 saturated heterocycles. The van der Waals surface area contributed by atoms with Crippen molar-refractivity contribution in [3.63, 3.8) is 0 Å². The third kappa shape index (κ3) is 2.48. The lowest BCUT2D eigenvalue weighted by molar-refractivity contribution is -0.137. The minimum absolute atomic E-state index is 0.0309. The Bertz CT molecular complexity index is 409. The van der Waals surface area contributed by atoms with Crippen LogP contribution in [0.15, 0.2) is 23.1 Å². The fourth-order valence-electron chi connectivity index (χ4n) is 1.69. The minimum atomic E-state index is -0.865. The van der Waals surface area contributed by atoms with Crippen molar-refractivity contribution in [2.24, 2.45) is 5.73 Å². The van der Waals surface area contributed by atoms with Crippen molar-refractivity contribution in [2.45, 2.75) is 17.4 Å². The van der Waals surface area contributed by atoms with E-state index in [0.717, 1.165) is 28.4 Å². The van der Waals surface area contributed by atoms with E-state index in [2.05, 4.69) is 5.32 Å². The fourth-order valence-corrected chi connectivity index (χ4v) is 2.63. The SMILES string of the molecule is NC(CC(=O)O)c1ccc2c(c1)SCCN2. The molecule has 0 aliphatic carbocycles. The van der Waals surface area contributed by atoms with Gasteiger partial charge >= 0.3 is 5.97 Å². The second-order valence-corrected chi connectivity index (χ2v) is 4.87. The van der Waals surface area contributed by atoms with E-state index in [0.29, 0.717) is 0 Å². The number of rotatable bonds is 3. The van der Waals surface area contributed by atoms with E-state index in [1.165, 1.54) is 0 Å². The Kier molecular flexibility index (Phi) is 3.36. The first-order chi connectivity index (χ1) is 7.66. The monoisotopic (exact) mass is 238 g/mol. The molecule has 0 fully saturated rings. The van der Waals surface area contributed by atoms with E-state index in [-0.39, 0.29) is 6.42 Å². The molecule has 1 atom stereocenters. The molecule has 1 aliphatic rings. The van der Waals surface area contributed by atoms with Gasteiger partial charge in [0.05, 0.1) is 6.42 Å². The number of nitrogens with two attached hydrogens (primary N) is 1. The van der Waals surface area contributed by atoms with Crippen LogP contribution in [0.1, 0.15) is 18.0 Å². The second kappa shape index (κ2) is 4.76. The third-order valence-corrected chi connectivity index (χ3v) is 3.56. The molecule has 0 spiro atoms. The number of thioether (sulfide) groups is 1. The van der Waals surface area contributed by atoms with Gasteiger partial charge in [-0.15, -0.1) is 11.8 Å². The summed E-state index contributed by atoms with van der Waals surface area (Å²) >= 11 is 1.77. The van der Waals surface area contributed by atoms with Crippen molar-refractivity contribution in [1.82, 2.24) is 0 Å². The van der Waals surface area contributed by atoms with Gasteiger partial charge in [0.2, 0.25) is 0 Å². The number of hydrogen-bond donors (Lipinski definition) is 3. The summed E-state index contributed by atoms with van der Waals surface area (Å²) in [5.74, 6) is 0.168. The molecule has 1 aliphatic heterocycles. The molecule has 1 unspecified atom stereocenters. The van der Waals surface area contributed by atoms with Gasteiger partial charge in [-0.2, -0.15) is 0 Å². The molecule has 86 valence electrons. The fraction of sp³-hybridized carbons (Fsp3) is 0.364. The van der Waals surface area contributed by atoms with Crippen LogP contribution in [0.2, 0.25) is 0 Å². The molecule has 0 radical (unpaired) electrons. The highest BCUT2D eigenvalue weighted by Gasteiger charge is 2.14. The van der Waals surface area contributed by atoms with E-state index >= 15 is 0 Å². The number of anilines is 1. The van der Waals surface area contributed by atoms with Crippen LogP contribution in [-0.2, 0) is 4.79 Å². The van der Waals surface area contributed by atoms with Crippen LogP contribution in [0.5, 0.6) is 0 Å². The minimum Gasteiger partial charge on any atom is -0.481 e. The molecule has 4 N–H and O–H groups in total. The molecule has 16 heavy (non-hydrogen) atoms. The van der Waals surface area contributed by atoms with Gasteiger partial charge in [0, 0.05) is 28.9 Å². The zero-order chi connectivity index (χ0) is 11.5. The van der Waals surface area contributed by atoms with Gasteiger partial charge < -0.3 is 16.2 Å². The van der Waals surface area contributed by atoms with Crippen molar-refractivity contribution >= 4 is 23.4 Å². The predicted molar refractivity (Wildman–Crippen MR) is 64.8 cm³/mol. The molecule has 0 amide bonds. The lowest BCUT2D eigenvalue weighted by Gasteiger charge is -2.19. The number of benzene rings is 1. The molecule has 0 bridgehead atoms. The summed E-state index contributed by atoms with van der Waals surface area (Å²) in [5.41, 5.74) is 7.82. The van der Waals surface area contributed by atoms with Crippen LogP contribution in [0.3, 0.4) is 0 Å². The van der Waals surface area contributed by atoms with Crippen LogP contribution in [0.25, 0.3) is 0 Å². The molecule has 1 heterocycles. The highest BCUT2D eigenvalue weighted by atomic mass is 32.2. The van der Waals surface area contributed by atoms with Crippen LogP contribution < -0.4 is 11.1 Å². The highest BCUT2D eigenvalue weighted by molar-refractivity contribution is 7.99. The van der Waals surface area contributed by atoms with Crippen molar-refractivity contribution in [3.8, 4) is 0 Å². The maximum atomic E-state index is 10.6. The van der Waals surface area contributed by atoms with Gasteiger partial charge in [0.1, 0.15) is 0 Å². The number of fused-ring (bicyclic) bond motifs is 1. The molecule has 1 aromatic rings. The first-order valence-corrected chi connectivity index (χ1v) is 6.13. The molecule has 2 rings (SSSR count). The van der Waals surface area contributed by atoms with Crippen LogP contribution in [-0.4, -0.2) is 23.4 Å². The molecule has 0 aromatic heterocycles. The summed E-state index contributed by atoms with van der Waals surface area (Å²) in [7, 11) is 0. The Hall–Kier alpha value is -1.20.